The Morgan fingerprint density at radius 3 is 0.934 bits per heavy atom. The first kappa shape index (κ1) is 94.3. The van der Waals surface area contributed by atoms with Crippen molar-refractivity contribution >= 4 is 59.0 Å². The molecule has 27 heteroatoms. The molecule has 0 aliphatic heterocycles. The van der Waals surface area contributed by atoms with E-state index in [0.717, 1.165) is 196 Å². The van der Waals surface area contributed by atoms with Crippen LogP contribution in [0.1, 0.15) is 122 Å². The highest BCUT2D eigenvalue weighted by atomic mass is 35.5. The van der Waals surface area contributed by atoms with Crippen LogP contribution in [-0.2, 0) is 96.3 Å². The van der Waals surface area contributed by atoms with Crippen LogP contribution in [0.15, 0.2) is 309 Å². The van der Waals surface area contributed by atoms with E-state index in [2.05, 4.69) is 71.9 Å². The smallest absolute Gasteiger partial charge is 0.389 e. The minimum absolute atomic E-state index is 0.116. The Balaban J connectivity index is 0.000000132. The number of anilines is 4. The molecular weight excluding hydrogens is 1740 g/mol. The van der Waals surface area contributed by atoms with E-state index in [0.29, 0.717) is 67.2 Å². The second-order valence-corrected chi connectivity index (χ2v) is 34.8. The van der Waals surface area contributed by atoms with Gasteiger partial charge >= 0.3 is 30.3 Å². The Morgan fingerprint density at radius 1 is 0.331 bits per heavy atom. The number of urea groups is 4. The highest BCUT2D eigenvalue weighted by Gasteiger charge is 2.33. The Hall–Kier alpha value is -14.9. The van der Waals surface area contributed by atoms with Gasteiger partial charge in [0.25, 0.3) is 0 Å². The number of hydrogen-bond donors (Lipinski definition) is 8. The third kappa shape index (κ3) is 25.3. The van der Waals surface area contributed by atoms with Gasteiger partial charge in [0.05, 0.1) is 52.6 Å². The van der Waals surface area contributed by atoms with Crippen molar-refractivity contribution in [2.24, 2.45) is 0 Å². The van der Waals surface area contributed by atoms with Gasteiger partial charge in [-0.15, -0.1) is 0 Å². The molecule has 0 saturated heterocycles. The lowest BCUT2D eigenvalue weighted by Gasteiger charge is -2.21. The van der Waals surface area contributed by atoms with E-state index >= 15 is 0 Å². The molecule has 21 nitrogen and oxygen atoms in total. The summed E-state index contributed by atoms with van der Waals surface area (Å²) in [5.41, 5.74) is 18.9. The van der Waals surface area contributed by atoms with Crippen molar-refractivity contribution < 1.29 is 45.9 Å². The number of aryl methyl sites for hydroxylation is 4. The predicted molar refractivity (Wildman–Crippen MR) is 524 cm³/mol. The van der Waals surface area contributed by atoms with Crippen LogP contribution in [0.2, 0.25) is 5.02 Å². The normalized spacial score (nSPS) is 13.5. The number of halogens is 6. The molecule has 0 fully saturated rings. The molecule has 15 aromatic rings. The van der Waals surface area contributed by atoms with Gasteiger partial charge in [-0.25, -0.2) is 46.7 Å². The fourth-order valence-electron chi connectivity index (χ4n) is 18.1. The molecule has 4 heterocycles. The van der Waals surface area contributed by atoms with Crippen LogP contribution in [-0.4, -0.2) is 101 Å². The van der Waals surface area contributed by atoms with Crippen LogP contribution in [0.3, 0.4) is 0 Å². The zero-order valence-electron chi connectivity index (χ0n) is 75.5. The van der Waals surface area contributed by atoms with Crippen LogP contribution in [0.5, 0.6) is 5.75 Å². The maximum atomic E-state index is 13.8. The SMILES string of the molecule is COc1ccccc1CC(Cc1ccccc1)NC(=O)Nc1c2c(nn1-c1ccccc1)CCC2.O=C(Nc1c2c(nn1-c1ccccc1)CCC2)NC(CCC(F)(F)F)Cc1ccccc1.O=C(Nc1c2c(nn1-c1ccccc1)CCC2)NC(Cc1ccccc1)Cc1ccc(F)c(F)c1.O=C(Nc1c2c(nn1-c1ccccc1)CCC2)NC(Cc1ccccc1)Cc1ccccc1Cl. The number of para-hydroxylation sites is 5. The number of fused-ring (bicyclic) bond motifs is 4. The first-order valence-corrected chi connectivity index (χ1v) is 46.7. The number of carbonyl (C=O) groups excluding carboxylic acids is 4. The van der Waals surface area contributed by atoms with Crippen LogP contribution in [0.25, 0.3) is 22.7 Å². The third-order valence-corrected chi connectivity index (χ3v) is 24.9. The maximum Gasteiger partial charge on any atom is 0.389 e. The third-order valence-electron chi connectivity index (χ3n) is 24.5. The quantitative estimate of drug-likeness (QED) is 0.0208. The lowest BCUT2D eigenvalue weighted by molar-refractivity contribution is -0.136. The van der Waals surface area contributed by atoms with Gasteiger partial charge in [-0.1, -0.05) is 248 Å². The minimum atomic E-state index is -4.28. The summed E-state index contributed by atoms with van der Waals surface area (Å²) in [4.78, 5) is 52.7. The molecule has 19 rings (SSSR count). The molecule has 136 heavy (non-hydrogen) atoms. The second-order valence-electron chi connectivity index (χ2n) is 34.4. The Morgan fingerprint density at radius 2 is 0.610 bits per heavy atom. The van der Waals surface area contributed by atoms with Gasteiger partial charge in [0.1, 0.15) is 29.0 Å². The number of alkyl halides is 3. The minimum Gasteiger partial charge on any atom is -0.496 e. The Labute approximate surface area is 792 Å². The van der Waals surface area contributed by atoms with Gasteiger partial charge in [-0.05, 0) is 240 Å². The number of rotatable bonds is 29. The van der Waals surface area contributed by atoms with E-state index in [4.69, 9.17) is 31.6 Å². The van der Waals surface area contributed by atoms with E-state index in [1.165, 1.54) is 11.6 Å². The van der Waals surface area contributed by atoms with Gasteiger partial charge < -0.3 is 26.0 Å². The molecule has 0 bridgehead atoms. The largest absolute Gasteiger partial charge is 0.496 e. The molecule has 696 valence electrons. The van der Waals surface area contributed by atoms with E-state index in [1.54, 1.807) is 22.5 Å². The lowest BCUT2D eigenvalue weighted by atomic mass is 9.98. The number of hydrogen-bond acceptors (Lipinski definition) is 9. The van der Waals surface area contributed by atoms with Gasteiger partial charge in [0, 0.05) is 57.9 Å². The summed E-state index contributed by atoms with van der Waals surface area (Å²) in [6.07, 6.45) is 9.72. The lowest BCUT2D eigenvalue weighted by Crippen LogP contribution is -2.41. The van der Waals surface area contributed by atoms with Crippen LogP contribution < -0.4 is 47.3 Å². The predicted octanol–water partition coefficient (Wildman–Crippen LogP) is 22.4. The van der Waals surface area contributed by atoms with E-state index in [9.17, 15) is 41.1 Å². The van der Waals surface area contributed by atoms with Gasteiger partial charge in [0.15, 0.2) is 11.6 Å². The summed E-state index contributed by atoms with van der Waals surface area (Å²) in [6, 6.07) is 95.5. The number of nitrogens with zero attached hydrogens (tertiary/aromatic N) is 8. The van der Waals surface area contributed by atoms with Crippen molar-refractivity contribution in [2.45, 2.75) is 165 Å². The molecule has 8 amide bonds. The van der Waals surface area contributed by atoms with E-state index in [-0.39, 0.29) is 42.6 Å². The van der Waals surface area contributed by atoms with Gasteiger partial charge in [0.2, 0.25) is 0 Å². The number of methoxy groups -OCH3 is 1. The molecule has 11 aromatic carbocycles. The number of benzene rings is 11. The number of carbonyl (C=O) groups is 4. The molecule has 4 unspecified atom stereocenters. The van der Waals surface area contributed by atoms with Crippen molar-refractivity contribution in [3.63, 3.8) is 0 Å². The highest BCUT2D eigenvalue weighted by molar-refractivity contribution is 6.31. The molecule has 4 atom stereocenters. The summed E-state index contributed by atoms with van der Waals surface area (Å²) in [7, 11) is 1.68. The summed E-state index contributed by atoms with van der Waals surface area (Å²) in [6.45, 7) is 0. The first-order chi connectivity index (χ1) is 66.3. The Bertz CT molecular complexity index is 6490. The van der Waals surface area contributed by atoms with Crippen molar-refractivity contribution in [3.8, 4) is 28.5 Å². The van der Waals surface area contributed by atoms with Crippen molar-refractivity contribution in [2.75, 3.05) is 28.4 Å². The standard InChI is InChI=1S/C29H30N4O2.C28H27ClN4O.C28H26F2N4O.C24H25F3N4O/c1-35-27-18-9-8-13-22(27)20-23(19-21-11-4-2-5-12-21)30-29(34)31-28-25-16-10-17-26(25)32-33(28)24-14-6-3-7-15-24;29-25-16-8-7-12-21(25)19-22(18-20-10-3-1-4-11-20)30-28(34)31-27-24-15-9-17-26(24)32-33(27)23-13-5-2-6-14-23;29-24-15-14-20(18-25(24)30)17-21(16-19-8-3-1-4-9-19)31-28(35)32-27-23-12-7-13-26(23)33-34(27)22-10-5-2-6-11-22;25-24(26,27)15-14-18(16-17-8-3-1-4-9-17)28-23(32)29-22-20-12-7-13-21(20)30-31(22)19-10-5-2-6-11-19/h2-9,11-15,18,23H,10,16-17,19-20H2,1H3,(H2,30,31,34);1-8,10-14,16,22H,9,15,17-19H2,(H2,30,31,34);1-6,8-11,14-15,18,21H,7,12-13,16-17H2,(H2,31,32,35);1-6,8-11,18H,7,12-16H2,(H2,28,29,32). The van der Waals surface area contributed by atoms with Crippen LogP contribution in [0.4, 0.5) is 64.4 Å². The highest BCUT2D eigenvalue weighted by Crippen LogP contribution is 2.37. The molecule has 4 aliphatic rings. The number of aromatic nitrogens is 8. The zero-order chi connectivity index (χ0) is 94.1. The molecule has 0 radical (unpaired) electrons. The summed E-state index contributed by atoms with van der Waals surface area (Å²) < 4.78 is 78.5. The molecule has 4 aromatic heterocycles. The molecule has 0 spiro atoms. The zero-order valence-corrected chi connectivity index (χ0v) is 76.2. The van der Waals surface area contributed by atoms with E-state index < -0.39 is 36.3 Å². The summed E-state index contributed by atoms with van der Waals surface area (Å²) >= 11 is 6.44. The Kier molecular flexibility index (Phi) is 31.7. The maximum absolute atomic E-state index is 13.8. The number of nitrogens with one attached hydrogen (secondary N) is 8. The van der Waals surface area contributed by atoms with Gasteiger partial charge in [-0.2, -0.15) is 33.6 Å². The summed E-state index contributed by atoms with van der Waals surface area (Å²) in [5.74, 6) is 1.81. The first-order valence-electron chi connectivity index (χ1n) is 46.3. The molecular formula is C109H108ClF5N16O5. The number of ether oxygens (including phenoxy) is 1. The topological polar surface area (TPSA) is 245 Å². The molecule has 8 N–H and O–H groups in total. The second kappa shape index (κ2) is 45.7. The fraction of sp³-hybridized carbons (Fsp3) is 0.248. The van der Waals surface area contributed by atoms with Crippen molar-refractivity contribution in [3.05, 3.63) is 410 Å². The average Bonchev–Trinajstić information content (AvgIpc) is 1.64. The molecule has 4 aliphatic carbocycles. The van der Waals surface area contributed by atoms with Crippen LogP contribution >= 0.6 is 11.6 Å². The summed E-state index contributed by atoms with van der Waals surface area (Å²) in [5, 5.41) is 44.1. The average molecular weight is 1850 g/mol. The van der Waals surface area contributed by atoms with Crippen LogP contribution in [0, 0.1) is 11.6 Å². The van der Waals surface area contributed by atoms with Crippen molar-refractivity contribution in [1.82, 2.24) is 60.4 Å². The van der Waals surface area contributed by atoms with E-state index in [1.807, 2.05) is 276 Å². The fourth-order valence-corrected chi connectivity index (χ4v) is 18.3. The van der Waals surface area contributed by atoms with Gasteiger partial charge in [-0.3, -0.25) is 21.3 Å². The molecule has 0 saturated carbocycles. The monoisotopic (exact) mass is 1850 g/mol. The number of amides is 8. The van der Waals surface area contributed by atoms with Crippen molar-refractivity contribution in [1.29, 1.82) is 0 Å².